The second-order valence-electron chi connectivity index (χ2n) is 5.55. The molecule has 20 heavy (non-hydrogen) atoms. The molecule has 1 aliphatic carbocycles. The van der Waals surface area contributed by atoms with Gasteiger partial charge in [-0.2, -0.15) is 0 Å². The van der Waals surface area contributed by atoms with Crippen molar-refractivity contribution in [2.75, 3.05) is 7.11 Å². The SMILES string of the molecule is COc1ccc(C2=NOC(C)C2)cc1OC1CCCC1. The normalized spacial score (nSPS) is 22.5. The average molecular weight is 275 g/mol. The van der Waals surface area contributed by atoms with Crippen LogP contribution in [0.15, 0.2) is 23.4 Å². The number of methoxy groups -OCH3 is 1. The van der Waals surface area contributed by atoms with E-state index in [-0.39, 0.29) is 6.10 Å². The Bertz CT molecular complexity index is 506. The third kappa shape index (κ3) is 2.74. The molecule has 0 spiro atoms. The first kappa shape index (κ1) is 13.3. The minimum Gasteiger partial charge on any atom is -0.493 e. The van der Waals surface area contributed by atoms with Crippen LogP contribution in [0.5, 0.6) is 11.5 Å². The molecular weight excluding hydrogens is 254 g/mol. The van der Waals surface area contributed by atoms with Crippen molar-refractivity contribution >= 4 is 5.71 Å². The Balaban J connectivity index is 1.82. The Morgan fingerprint density at radius 2 is 2.00 bits per heavy atom. The summed E-state index contributed by atoms with van der Waals surface area (Å²) in [4.78, 5) is 5.27. The van der Waals surface area contributed by atoms with Crippen molar-refractivity contribution < 1.29 is 14.3 Å². The zero-order valence-electron chi connectivity index (χ0n) is 12.1. The zero-order valence-corrected chi connectivity index (χ0v) is 12.1. The Morgan fingerprint density at radius 3 is 2.65 bits per heavy atom. The highest BCUT2D eigenvalue weighted by Gasteiger charge is 2.21. The summed E-state index contributed by atoms with van der Waals surface area (Å²) >= 11 is 0. The standard InChI is InChI=1S/C16H21NO3/c1-11-9-14(17-20-11)12-7-8-15(18-2)16(10-12)19-13-5-3-4-6-13/h7-8,10-11,13H,3-6,9H2,1-2H3. The van der Waals surface area contributed by atoms with Crippen LogP contribution in [0.25, 0.3) is 0 Å². The van der Waals surface area contributed by atoms with E-state index in [0.29, 0.717) is 6.10 Å². The van der Waals surface area contributed by atoms with Gasteiger partial charge in [-0.15, -0.1) is 0 Å². The minimum atomic E-state index is 0.159. The Hall–Kier alpha value is -1.71. The Morgan fingerprint density at radius 1 is 1.20 bits per heavy atom. The van der Waals surface area contributed by atoms with E-state index >= 15 is 0 Å². The summed E-state index contributed by atoms with van der Waals surface area (Å²) in [6.07, 6.45) is 6.10. The van der Waals surface area contributed by atoms with Crippen molar-refractivity contribution in [3.05, 3.63) is 23.8 Å². The molecular formula is C16H21NO3. The monoisotopic (exact) mass is 275 g/mol. The van der Waals surface area contributed by atoms with Gasteiger partial charge in [0.05, 0.1) is 18.9 Å². The van der Waals surface area contributed by atoms with Gasteiger partial charge in [-0.05, 0) is 50.8 Å². The molecule has 0 saturated heterocycles. The second-order valence-corrected chi connectivity index (χ2v) is 5.55. The van der Waals surface area contributed by atoms with E-state index in [9.17, 15) is 0 Å². The highest BCUT2D eigenvalue weighted by molar-refractivity contribution is 6.01. The summed E-state index contributed by atoms with van der Waals surface area (Å²) < 4.78 is 11.5. The highest BCUT2D eigenvalue weighted by atomic mass is 16.6. The lowest BCUT2D eigenvalue weighted by atomic mass is 10.0. The molecule has 0 N–H and O–H groups in total. The van der Waals surface area contributed by atoms with Crippen LogP contribution < -0.4 is 9.47 Å². The van der Waals surface area contributed by atoms with Gasteiger partial charge < -0.3 is 14.3 Å². The van der Waals surface area contributed by atoms with Crippen molar-refractivity contribution in [3.63, 3.8) is 0 Å². The summed E-state index contributed by atoms with van der Waals surface area (Å²) in [5, 5.41) is 4.14. The van der Waals surface area contributed by atoms with Crippen LogP contribution in [0.1, 0.15) is 44.6 Å². The molecule has 0 amide bonds. The van der Waals surface area contributed by atoms with E-state index in [1.165, 1.54) is 12.8 Å². The van der Waals surface area contributed by atoms with Crippen LogP contribution in [0, 0.1) is 0 Å². The van der Waals surface area contributed by atoms with Gasteiger partial charge in [0.25, 0.3) is 0 Å². The number of hydrogen-bond donors (Lipinski definition) is 0. The maximum atomic E-state index is 6.10. The molecule has 1 aromatic rings. The highest BCUT2D eigenvalue weighted by Crippen LogP contribution is 2.33. The van der Waals surface area contributed by atoms with Crippen LogP contribution in [0.2, 0.25) is 0 Å². The van der Waals surface area contributed by atoms with Crippen molar-refractivity contribution in [2.24, 2.45) is 5.16 Å². The van der Waals surface area contributed by atoms with Crippen LogP contribution in [-0.4, -0.2) is 25.0 Å². The number of benzene rings is 1. The molecule has 1 aromatic carbocycles. The summed E-state index contributed by atoms with van der Waals surface area (Å²) in [5.74, 6) is 1.60. The lowest BCUT2D eigenvalue weighted by molar-refractivity contribution is 0.0995. The topological polar surface area (TPSA) is 40.0 Å². The van der Waals surface area contributed by atoms with E-state index in [2.05, 4.69) is 5.16 Å². The summed E-state index contributed by atoms with van der Waals surface area (Å²) in [6.45, 7) is 2.02. The molecule has 1 aliphatic heterocycles. The Kier molecular flexibility index (Phi) is 3.81. The third-order valence-corrected chi connectivity index (χ3v) is 3.92. The zero-order chi connectivity index (χ0) is 13.9. The molecule has 2 aliphatic rings. The molecule has 1 atom stereocenters. The van der Waals surface area contributed by atoms with E-state index in [1.54, 1.807) is 7.11 Å². The van der Waals surface area contributed by atoms with Crippen molar-refractivity contribution in [1.82, 2.24) is 0 Å². The van der Waals surface area contributed by atoms with Crippen molar-refractivity contribution in [3.8, 4) is 11.5 Å². The summed E-state index contributed by atoms with van der Waals surface area (Å²) in [7, 11) is 1.68. The number of oxime groups is 1. The molecule has 4 heteroatoms. The first-order chi connectivity index (χ1) is 9.76. The van der Waals surface area contributed by atoms with Crippen LogP contribution in [0.4, 0.5) is 0 Å². The van der Waals surface area contributed by atoms with Crippen LogP contribution in [-0.2, 0) is 4.84 Å². The number of nitrogens with zero attached hydrogens (tertiary/aromatic N) is 1. The van der Waals surface area contributed by atoms with Gasteiger partial charge in [0.15, 0.2) is 11.5 Å². The first-order valence-corrected chi connectivity index (χ1v) is 7.34. The fourth-order valence-corrected chi connectivity index (χ4v) is 2.81. The van der Waals surface area contributed by atoms with Crippen molar-refractivity contribution in [1.29, 1.82) is 0 Å². The molecule has 108 valence electrons. The predicted octanol–water partition coefficient (Wildman–Crippen LogP) is 3.53. The van der Waals surface area contributed by atoms with Gasteiger partial charge in [0.1, 0.15) is 6.10 Å². The van der Waals surface area contributed by atoms with E-state index in [1.807, 2.05) is 25.1 Å². The number of rotatable bonds is 4. The molecule has 0 aromatic heterocycles. The van der Waals surface area contributed by atoms with Gasteiger partial charge in [-0.25, -0.2) is 0 Å². The molecule has 3 rings (SSSR count). The summed E-state index contributed by atoms with van der Waals surface area (Å²) in [6, 6.07) is 5.99. The van der Waals surface area contributed by atoms with Gasteiger partial charge in [-0.3, -0.25) is 0 Å². The maximum absolute atomic E-state index is 6.10. The number of ether oxygens (including phenoxy) is 2. The van der Waals surface area contributed by atoms with Gasteiger partial charge in [0.2, 0.25) is 0 Å². The fraction of sp³-hybridized carbons (Fsp3) is 0.562. The smallest absolute Gasteiger partial charge is 0.162 e. The largest absolute Gasteiger partial charge is 0.493 e. The van der Waals surface area contributed by atoms with Crippen LogP contribution >= 0.6 is 0 Å². The fourth-order valence-electron chi connectivity index (χ4n) is 2.81. The molecule has 1 saturated carbocycles. The van der Waals surface area contributed by atoms with E-state index in [4.69, 9.17) is 14.3 Å². The first-order valence-electron chi connectivity index (χ1n) is 7.34. The Labute approximate surface area is 119 Å². The molecule has 1 unspecified atom stereocenters. The van der Waals surface area contributed by atoms with E-state index < -0.39 is 0 Å². The maximum Gasteiger partial charge on any atom is 0.162 e. The van der Waals surface area contributed by atoms with Crippen molar-refractivity contribution in [2.45, 2.75) is 51.2 Å². The molecule has 1 fully saturated rings. The average Bonchev–Trinajstić information content (AvgIpc) is 3.10. The predicted molar refractivity (Wildman–Crippen MR) is 77.6 cm³/mol. The van der Waals surface area contributed by atoms with E-state index in [0.717, 1.165) is 42.0 Å². The third-order valence-electron chi connectivity index (χ3n) is 3.92. The number of hydrogen-bond acceptors (Lipinski definition) is 4. The lowest BCUT2D eigenvalue weighted by Crippen LogP contribution is -2.12. The second kappa shape index (κ2) is 5.73. The molecule has 1 heterocycles. The quantitative estimate of drug-likeness (QED) is 0.844. The molecule has 4 nitrogen and oxygen atoms in total. The minimum absolute atomic E-state index is 0.159. The lowest BCUT2D eigenvalue weighted by Gasteiger charge is -2.16. The van der Waals surface area contributed by atoms with Gasteiger partial charge in [-0.1, -0.05) is 5.16 Å². The summed E-state index contributed by atoms with van der Waals surface area (Å²) in [5.41, 5.74) is 2.04. The van der Waals surface area contributed by atoms with Crippen LogP contribution in [0.3, 0.4) is 0 Å². The van der Waals surface area contributed by atoms with Gasteiger partial charge in [0, 0.05) is 12.0 Å². The molecule has 0 radical (unpaired) electrons. The van der Waals surface area contributed by atoms with Gasteiger partial charge >= 0.3 is 0 Å². The molecule has 0 bridgehead atoms.